The van der Waals surface area contributed by atoms with Crippen LogP contribution in [0.5, 0.6) is 5.75 Å². The van der Waals surface area contributed by atoms with Crippen LogP contribution >= 0.6 is 0 Å². The Morgan fingerprint density at radius 3 is 2.25 bits per heavy atom. The molecular formula is C18H23NaO4S. The van der Waals surface area contributed by atoms with Gasteiger partial charge in [-0.2, -0.15) is 0 Å². The van der Waals surface area contributed by atoms with Crippen LogP contribution in [0.3, 0.4) is 0 Å². The van der Waals surface area contributed by atoms with Gasteiger partial charge in [-0.15, -0.1) is 0 Å². The predicted molar refractivity (Wildman–Crippen MR) is 90.8 cm³/mol. The van der Waals surface area contributed by atoms with Crippen LogP contribution in [0.1, 0.15) is 45.4 Å². The molecule has 0 spiro atoms. The molecule has 0 amide bonds. The molecule has 6 heteroatoms. The van der Waals surface area contributed by atoms with E-state index in [4.69, 9.17) is 4.74 Å². The van der Waals surface area contributed by atoms with Crippen molar-refractivity contribution in [1.82, 2.24) is 0 Å². The first kappa shape index (κ1) is 21.5. The molecule has 126 valence electrons. The average Bonchev–Trinajstić information content (AvgIpc) is 2.52. The summed E-state index contributed by atoms with van der Waals surface area (Å²) in [4.78, 5) is -0.203. The van der Waals surface area contributed by atoms with Gasteiger partial charge in [0.15, 0.2) is 0 Å². The van der Waals surface area contributed by atoms with Crippen molar-refractivity contribution in [2.24, 2.45) is 0 Å². The van der Waals surface area contributed by atoms with Crippen LogP contribution < -0.4 is 34.3 Å². The monoisotopic (exact) mass is 358 g/mol. The number of hydrogen-bond acceptors (Lipinski definition) is 4. The van der Waals surface area contributed by atoms with Gasteiger partial charge in [0.2, 0.25) is 0 Å². The second-order valence-corrected chi connectivity index (χ2v) is 7.12. The minimum Gasteiger partial charge on any atom is -0.744 e. The van der Waals surface area contributed by atoms with Gasteiger partial charge in [0.25, 0.3) is 0 Å². The third-order valence-corrected chi connectivity index (χ3v) is 4.67. The average molecular weight is 358 g/mol. The molecule has 0 aromatic heterocycles. The number of rotatable bonds is 9. The molecule has 0 N–H and O–H groups in total. The Labute approximate surface area is 166 Å². The smallest absolute Gasteiger partial charge is 0.744 e. The first-order valence-electron chi connectivity index (χ1n) is 8.13. The summed E-state index contributed by atoms with van der Waals surface area (Å²) in [5.41, 5.74) is 0. The summed E-state index contributed by atoms with van der Waals surface area (Å²) in [6, 6.07) is 9.82. The zero-order valence-corrected chi connectivity index (χ0v) is 17.3. The molecule has 2 aromatic rings. The Morgan fingerprint density at radius 2 is 1.54 bits per heavy atom. The van der Waals surface area contributed by atoms with Crippen LogP contribution in [0.15, 0.2) is 41.3 Å². The minimum atomic E-state index is -4.41. The van der Waals surface area contributed by atoms with Crippen LogP contribution in [0.4, 0.5) is 0 Å². The maximum Gasteiger partial charge on any atom is 1.00 e. The number of hydrogen-bond donors (Lipinski definition) is 0. The fraction of sp³-hybridized carbons (Fsp3) is 0.444. The molecule has 4 nitrogen and oxygen atoms in total. The van der Waals surface area contributed by atoms with Crippen molar-refractivity contribution in [1.29, 1.82) is 0 Å². The number of benzene rings is 2. The van der Waals surface area contributed by atoms with Gasteiger partial charge in [-0.05, 0) is 41.5 Å². The second-order valence-electron chi connectivity index (χ2n) is 5.74. The maximum atomic E-state index is 11.0. The summed E-state index contributed by atoms with van der Waals surface area (Å²) >= 11 is 0. The number of ether oxygens (including phenoxy) is 1. The molecule has 0 heterocycles. The van der Waals surface area contributed by atoms with Gasteiger partial charge in [0, 0.05) is 0 Å². The molecule has 0 radical (unpaired) electrons. The van der Waals surface area contributed by atoms with Gasteiger partial charge in [-0.1, -0.05) is 51.2 Å². The SMILES string of the molecule is CCCCCCCCOc1ccc2cc(S(=O)(=O)[O-])ccc2c1.[Na+]. The summed E-state index contributed by atoms with van der Waals surface area (Å²) in [6.07, 6.45) is 7.31. The van der Waals surface area contributed by atoms with E-state index in [-0.39, 0.29) is 34.5 Å². The van der Waals surface area contributed by atoms with Crippen molar-refractivity contribution in [2.45, 2.75) is 50.3 Å². The van der Waals surface area contributed by atoms with E-state index >= 15 is 0 Å². The third kappa shape index (κ3) is 6.73. The predicted octanol–water partition coefficient (Wildman–Crippen LogP) is 1.49. The zero-order chi connectivity index (χ0) is 16.7. The van der Waals surface area contributed by atoms with Gasteiger partial charge < -0.3 is 9.29 Å². The van der Waals surface area contributed by atoms with Crippen molar-refractivity contribution >= 4 is 20.9 Å². The Hall–Kier alpha value is -0.590. The molecule has 0 aliphatic heterocycles. The number of fused-ring (bicyclic) bond motifs is 1. The van der Waals surface area contributed by atoms with Crippen molar-refractivity contribution in [2.75, 3.05) is 6.61 Å². The van der Waals surface area contributed by atoms with E-state index in [1.54, 1.807) is 18.2 Å². The molecule has 0 atom stereocenters. The van der Waals surface area contributed by atoms with Crippen molar-refractivity contribution < 1.29 is 47.3 Å². The van der Waals surface area contributed by atoms with Crippen molar-refractivity contribution in [3.8, 4) is 5.75 Å². The number of unbranched alkanes of at least 4 members (excludes halogenated alkanes) is 5. The van der Waals surface area contributed by atoms with Gasteiger partial charge >= 0.3 is 29.6 Å². The fourth-order valence-electron chi connectivity index (χ4n) is 2.52. The molecule has 0 saturated heterocycles. The minimum absolute atomic E-state index is 0. The molecule has 2 aromatic carbocycles. The van der Waals surface area contributed by atoms with E-state index in [1.807, 2.05) is 6.07 Å². The summed E-state index contributed by atoms with van der Waals surface area (Å²) in [5.74, 6) is 0.767. The Morgan fingerprint density at radius 1 is 0.917 bits per heavy atom. The summed E-state index contributed by atoms with van der Waals surface area (Å²) in [7, 11) is -4.41. The van der Waals surface area contributed by atoms with Crippen molar-refractivity contribution in [3.63, 3.8) is 0 Å². The second kappa shape index (κ2) is 10.4. The van der Waals surface area contributed by atoms with E-state index in [2.05, 4.69) is 6.92 Å². The summed E-state index contributed by atoms with van der Waals surface area (Å²) in [6.45, 7) is 2.89. The molecule has 0 fully saturated rings. The largest absolute Gasteiger partial charge is 1.00 e. The van der Waals surface area contributed by atoms with Crippen LogP contribution in [0.25, 0.3) is 10.8 Å². The fourth-order valence-corrected chi connectivity index (χ4v) is 3.03. The van der Waals surface area contributed by atoms with Crippen LogP contribution in [0, 0.1) is 0 Å². The molecule has 2 rings (SSSR count). The summed E-state index contributed by atoms with van der Waals surface area (Å²) in [5, 5.41) is 1.58. The normalized spacial score (nSPS) is 11.2. The molecule has 0 aliphatic carbocycles. The topological polar surface area (TPSA) is 66.4 Å². The van der Waals surface area contributed by atoms with Gasteiger partial charge in [-0.3, -0.25) is 0 Å². The van der Waals surface area contributed by atoms with Crippen LogP contribution in [-0.4, -0.2) is 19.6 Å². The van der Waals surface area contributed by atoms with E-state index in [0.717, 1.165) is 17.6 Å². The van der Waals surface area contributed by atoms with Gasteiger partial charge in [-0.25, -0.2) is 8.42 Å². The zero-order valence-electron chi connectivity index (χ0n) is 14.5. The first-order valence-corrected chi connectivity index (χ1v) is 9.54. The summed E-state index contributed by atoms with van der Waals surface area (Å²) < 4.78 is 38.8. The molecule has 0 aliphatic rings. The van der Waals surface area contributed by atoms with E-state index < -0.39 is 10.1 Å². The third-order valence-electron chi connectivity index (χ3n) is 3.84. The quantitative estimate of drug-likeness (QED) is 0.387. The van der Waals surface area contributed by atoms with Crippen LogP contribution in [-0.2, 0) is 10.1 Å². The Kier molecular flexibility index (Phi) is 9.31. The molecule has 0 unspecified atom stereocenters. The standard InChI is InChI=1S/C18H24O4S.Na/c1-2-3-4-5-6-7-12-22-17-10-8-16-14-18(23(19,20)21)11-9-15(16)13-17;/h8-11,13-14H,2-7,12H2,1H3,(H,19,20,21);/q;+1/p-1. The van der Waals surface area contributed by atoms with Gasteiger partial charge in [0.05, 0.1) is 11.5 Å². The van der Waals surface area contributed by atoms with E-state index in [9.17, 15) is 13.0 Å². The van der Waals surface area contributed by atoms with Crippen LogP contribution in [0.2, 0.25) is 0 Å². The molecule has 0 bridgehead atoms. The van der Waals surface area contributed by atoms with Gasteiger partial charge in [0.1, 0.15) is 15.9 Å². The Bertz CT molecular complexity index is 744. The van der Waals surface area contributed by atoms with E-state index in [0.29, 0.717) is 12.0 Å². The van der Waals surface area contributed by atoms with Crippen molar-refractivity contribution in [3.05, 3.63) is 36.4 Å². The van der Waals surface area contributed by atoms with E-state index in [1.165, 1.54) is 44.2 Å². The first-order chi connectivity index (χ1) is 11.0. The molecule has 24 heavy (non-hydrogen) atoms. The molecular weight excluding hydrogens is 335 g/mol. The maximum absolute atomic E-state index is 11.0. The molecule has 0 saturated carbocycles. The Balaban J connectivity index is 0.00000288.